The Morgan fingerprint density at radius 3 is 2.14 bits per heavy atom. The topological polar surface area (TPSA) is 49.4 Å². The monoisotopic (exact) mass is 296 g/mol. The molecule has 0 fully saturated rings. The molecule has 0 aliphatic rings. The van der Waals surface area contributed by atoms with Gasteiger partial charge in [0, 0.05) is 6.42 Å². The number of nitrogens with one attached hydrogen (secondary N) is 1. The van der Waals surface area contributed by atoms with Crippen LogP contribution in [0.5, 0.6) is 0 Å². The smallest absolute Gasteiger partial charge is 0.291 e. The van der Waals surface area contributed by atoms with Gasteiger partial charge in [0.1, 0.15) is 0 Å². The Labute approximate surface area is 130 Å². The van der Waals surface area contributed by atoms with Crippen molar-refractivity contribution in [1.29, 1.82) is 0 Å². The molecule has 0 atom stereocenters. The van der Waals surface area contributed by atoms with Crippen LogP contribution in [0, 0.1) is 0 Å². The van der Waals surface area contributed by atoms with Gasteiger partial charge in [0.15, 0.2) is 0 Å². The number of rotatable bonds is 7. The van der Waals surface area contributed by atoms with E-state index in [2.05, 4.69) is 5.43 Å². The van der Waals surface area contributed by atoms with E-state index in [9.17, 15) is 9.59 Å². The number of para-hydroxylation sites is 2. The summed E-state index contributed by atoms with van der Waals surface area (Å²) in [6, 6.07) is 18.4. The number of hydrazine groups is 1. The van der Waals surface area contributed by atoms with Crippen LogP contribution in [0.4, 0.5) is 11.4 Å². The molecule has 0 bridgehead atoms. The number of hydrogen-bond donors (Lipinski definition) is 1. The van der Waals surface area contributed by atoms with Crippen molar-refractivity contribution in [2.24, 2.45) is 0 Å². The molecule has 4 nitrogen and oxygen atoms in total. The van der Waals surface area contributed by atoms with Gasteiger partial charge in [-0.15, -0.1) is 0 Å². The van der Waals surface area contributed by atoms with Gasteiger partial charge in [-0.3, -0.25) is 15.0 Å². The van der Waals surface area contributed by atoms with Crippen molar-refractivity contribution in [3.8, 4) is 0 Å². The maximum Gasteiger partial charge on any atom is 0.312 e. The van der Waals surface area contributed by atoms with Crippen LogP contribution >= 0.6 is 0 Å². The zero-order valence-corrected chi connectivity index (χ0v) is 12.7. The van der Waals surface area contributed by atoms with E-state index in [4.69, 9.17) is 0 Å². The highest BCUT2D eigenvalue weighted by Crippen LogP contribution is 2.17. The fraction of sp³-hybridized carbons (Fsp3) is 0.222. The zero-order chi connectivity index (χ0) is 15.8. The Morgan fingerprint density at radius 1 is 0.955 bits per heavy atom. The number of ketones is 1. The molecule has 0 saturated carbocycles. The van der Waals surface area contributed by atoms with Crippen LogP contribution < -0.4 is 10.4 Å². The van der Waals surface area contributed by atoms with Gasteiger partial charge in [-0.2, -0.15) is 0 Å². The molecule has 1 amide bonds. The largest absolute Gasteiger partial charge is 0.312 e. The maximum absolute atomic E-state index is 12.5. The molecule has 0 aliphatic carbocycles. The van der Waals surface area contributed by atoms with E-state index in [1.54, 1.807) is 12.1 Å². The van der Waals surface area contributed by atoms with E-state index < -0.39 is 5.91 Å². The highest BCUT2D eigenvalue weighted by atomic mass is 16.2. The molecule has 2 aromatic carbocycles. The number of anilines is 2. The molecule has 0 saturated heterocycles. The van der Waals surface area contributed by atoms with Crippen molar-refractivity contribution in [3.05, 3.63) is 60.7 Å². The number of nitrogens with zero attached hydrogens (tertiary/aromatic N) is 1. The number of hydrogen-bond acceptors (Lipinski definition) is 3. The van der Waals surface area contributed by atoms with E-state index in [0.29, 0.717) is 5.69 Å². The Kier molecular flexibility index (Phi) is 5.72. The first-order valence-corrected chi connectivity index (χ1v) is 7.46. The molecule has 1 N–H and O–H groups in total. The van der Waals surface area contributed by atoms with E-state index in [1.165, 1.54) is 5.01 Å². The van der Waals surface area contributed by atoms with Crippen molar-refractivity contribution in [2.75, 3.05) is 10.4 Å². The van der Waals surface area contributed by atoms with Crippen LogP contribution in [-0.4, -0.2) is 11.7 Å². The predicted octanol–water partition coefficient (Wildman–Crippen LogP) is 3.81. The van der Waals surface area contributed by atoms with Crippen LogP contribution in [-0.2, 0) is 9.59 Å². The number of carbonyl (C=O) groups excluding carboxylic acids is 2. The first kappa shape index (κ1) is 15.8. The Bertz CT molecular complexity index is 611. The Hall–Kier alpha value is -2.62. The second kappa shape index (κ2) is 7.98. The lowest BCUT2D eigenvalue weighted by Crippen LogP contribution is -2.41. The molecule has 0 heterocycles. The molecule has 0 spiro atoms. The first-order chi connectivity index (χ1) is 10.7. The minimum absolute atomic E-state index is 0.273. The SMILES string of the molecule is CCCCC(=O)C(=O)N(Nc1ccccc1)c1ccccc1. The molecule has 0 unspecified atom stereocenters. The lowest BCUT2D eigenvalue weighted by molar-refractivity contribution is -0.136. The van der Waals surface area contributed by atoms with Crippen molar-refractivity contribution >= 4 is 23.1 Å². The third-order valence-corrected chi connectivity index (χ3v) is 3.23. The van der Waals surface area contributed by atoms with E-state index in [1.807, 2.05) is 55.5 Å². The van der Waals surface area contributed by atoms with Crippen LogP contribution in [0.3, 0.4) is 0 Å². The highest BCUT2D eigenvalue weighted by molar-refractivity contribution is 6.41. The predicted molar refractivity (Wildman–Crippen MR) is 88.5 cm³/mol. The number of benzene rings is 2. The molecule has 0 radical (unpaired) electrons. The summed E-state index contributed by atoms with van der Waals surface area (Å²) in [5.41, 5.74) is 4.41. The van der Waals surface area contributed by atoms with Gasteiger partial charge >= 0.3 is 5.91 Å². The van der Waals surface area contributed by atoms with Gasteiger partial charge in [-0.1, -0.05) is 49.7 Å². The Balaban J connectivity index is 2.22. The van der Waals surface area contributed by atoms with Crippen molar-refractivity contribution in [1.82, 2.24) is 0 Å². The minimum Gasteiger partial charge on any atom is -0.291 e. The summed E-state index contributed by atoms with van der Waals surface area (Å²) in [4.78, 5) is 24.5. The van der Waals surface area contributed by atoms with E-state index >= 15 is 0 Å². The quantitative estimate of drug-likeness (QED) is 0.624. The van der Waals surface area contributed by atoms with Crippen molar-refractivity contribution in [2.45, 2.75) is 26.2 Å². The molecule has 0 aliphatic heterocycles. The minimum atomic E-state index is -0.538. The Morgan fingerprint density at radius 2 is 1.55 bits per heavy atom. The molecule has 4 heteroatoms. The van der Waals surface area contributed by atoms with Crippen LogP contribution in [0.2, 0.25) is 0 Å². The van der Waals surface area contributed by atoms with Crippen LogP contribution in [0.25, 0.3) is 0 Å². The molecule has 114 valence electrons. The number of carbonyl (C=O) groups is 2. The maximum atomic E-state index is 12.5. The van der Waals surface area contributed by atoms with Crippen molar-refractivity contribution in [3.63, 3.8) is 0 Å². The second-order valence-corrected chi connectivity index (χ2v) is 4.98. The number of unbranched alkanes of at least 4 members (excludes halogenated alkanes) is 1. The number of Topliss-reactive ketones (excluding diaryl/α,β-unsaturated/α-hetero) is 1. The lowest BCUT2D eigenvalue weighted by atomic mass is 10.1. The fourth-order valence-electron chi connectivity index (χ4n) is 2.02. The average Bonchev–Trinajstić information content (AvgIpc) is 2.58. The molecular weight excluding hydrogens is 276 g/mol. The van der Waals surface area contributed by atoms with Crippen molar-refractivity contribution < 1.29 is 9.59 Å². The molecular formula is C18H20N2O2. The van der Waals surface area contributed by atoms with E-state index in [0.717, 1.165) is 18.5 Å². The zero-order valence-electron chi connectivity index (χ0n) is 12.7. The average molecular weight is 296 g/mol. The molecule has 2 aromatic rings. The van der Waals surface area contributed by atoms with Crippen LogP contribution in [0.1, 0.15) is 26.2 Å². The summed E-state index contributed by atoms with van der Waals surface area (Å²) in [7, 11) is 0. The normalized spacial score (nSPS) is 10.0. The first-order valence-electron chi connectivity index (χ1n) is 7.46. The van der Waals surface area contributed by atoms with Gasteiger partial charge in [0.05, 0.1) is 11.4 Å². The summed E-state index contributed by atoms with van der Waals surface area (Å²) in [6.07, 6.45) is 1.88. The standard InChI is InChI=1S/C18H20N2O2/c1-2-3-14-17(21)18(22)20(16-12-8-5-9-13-16)19-15-10-6-4-7-11-15/h4-13,19H,2-3,14H2,1H3. The fourth-order valence-corrected chi connectivity index (χ4v) is 2.02. The molecule has 2 rings (SSSR count). The third-order valence-electron chi connectivity index (χ3n) is 3.23. The molecule has 22 heavy (non-hydrogen) atoms. The van der Waals surface area contributed by atoms with Gasteiger partial charge in [0.25, 0.3) is 0 Å². The van der Waals surface area contributed by atoms with Crippen LogP contribution in [0.15, 0.2) is 60.7 Å². The second-order valence-electron chi connectivity index (χ2n) is 4.98. The van der Waals surface area contributed by atoms with E-state index in [-0.39, 0.29) is 12.2 Å². The summed E-state index contributed by atoms with van der Waals surface area (Å²) < 4.78 is 0. The van der Waals surface area contributed by atoms with Gasteiger partial charge in [0.2, 0.25) is 5.78 Å². The summed E-state index contributed by atoms with van der Waals surface area (Å²) in [5.74, 6) is -0.919. The summed E-state index contributed by atoms with van der Waals surface area (Å²) >= 11 is 0. The third kappa shape index (κ3) is 4.19. The highest BCUT2D eigenvalue weighted by Gasteiger charge is 2.22. The van der Waals surface area contributed by atoms with Gasteiger partial charge in [-0.25, -0.2) is 5.01 Å². The van der Waals surface area contributed by atoms with Gasteiger partial charge < -0.3 is 0 Å². The summed E-state index contributed by atoms with van der Waals surface area (Å²) in [5, 5.41) is 1.31. The lowest BCUT2D eigenvalue weighted by Gasteiger charge is -2.23. The number of amides is 1. The van der Waals surface area contributed by atoms with Gasteiger partial charge in [-0.05, 0) is 30.7 Å². The molecule has 0 aromatic heterocycles. The summed E-state index contributed by atoms with van der Waals surface area (Å²) in [6.45, 7) is 1.99.